The molecule has 0 spiro atoms. The van der Waals surface area contributed by atoms with Crippen molar-refractivity contribution < 1.29 is 9.53 Å². The van der Waals surface area contributed by atoms with Gasteiger partial charge >= 0.3 is 0 Å². The number of rotatable bonds is 7. The van der Waals surface area contributed by atoms with Gasteiger partial charge in [-0.25, -0.2) is 9.97 Å². The van der Waals surface area contributed by atoms with Crippen molar-refractivity contribution in [1.29, 1.82) is 0 Å². The van der Waals surface area contributed by atoms with E-state index in [1.54, 1.807) is 19.5 Å². The smallest absolute Gasteiger partial charge is 0.267 e. The van der Waals surface area contributed by atoms with Crippen molar-refractivity contribution in [2.45, 2.75) is 6.42 Å². The maximum absolute atomic E-state index is 12.4. The Labute approximate surface area is 169 Å². The number of aromatic amines is 1. The van der Waals surface area contributed by atoms with E-state index in [1.807, 2.05) is 30.3 Å². The summed E-state index contributed by atoms with van der Waals surface area (Å²) in [5, 5.41) is 4.00. The van der Waals surface area contributed by atoms with E-state index in [1.165, 1.54) is 0 Å². The molecule has 2 aromatic heterocycles. The third-order valence-electron chi connectivity index (χ3n) is 5.22. The summed E-state index contributed by atoms with van der Waals surface area (Å²) in [6.07, 6.45) is 4.48. The van der Waals surface area contributed by atoms with Gasteiger partial charge in [-0.15, -0.1) is 0 Å². The minimum absolute atomic E-state index is 0.0776. The number of amides is 1. The van der Waals surface area contributed by atoms with Gasteiger partial charge in [0.1, 0.15) is 11.4 Å². The highest BCUT2D eigenvalue weighted by Gasteiger charge is 2.18. The molecule has 8 heteroatoms. The van der Waals surface area contributed by atoms with E-state index < -0.39 is 0 Å². The number of piperazine rings is 1. The summed E-state index contributed by atoms with van der Waals surface area (Å²) in [7, 11) is 1.63. The molecule has 1 aliphatic heterocycles. The topological polar surface area (TPSA) is 86.4 Å². The number of H-pyrrole nitrogens is 1. The van der Waals surface area contributed by atoms with Crippen LogP contribution in [0.4, 0.5) is 5.95 Å². The zero-order valence-corrected chi connectivity index (χ0v) is 16.6. The van der Waals surface area contributed by atoms with Crippen molar-refractivity contribution in [3.8, 4) is 5.75 Å². The molecule has 1 amide bonds. The van der Waals surface area contributed by atoms with Crippen LogP contribution in [0.25, 0.3) is 10.9 Å². The van der Waals surface area contributed by atoms with Crippen molar-refractivity contribution >= 4 is 22.8 Å². The number of hydrogen-bond acceptors (Lipinski definition) is 6. The first-order chi connectivity index (χ1) is 14.2. The zero-order valence-electron chi connectivity index (χ0n) is 16.6. The van der Waals surface area contributed by atoms with Crippen LogP contribution in [0.2, 0.25) is 0 Å². The van der Waals surface area contributed by atoms with Crippen LogP contribution in [0.3, 0.4) is 0 Å². The summed E-state index contributed by atoms with van der Waals surface area (Å²) in [4.78, 5) is 28.8. The molecule has 3 aromatic rings. The van der Waals surface area contributed by atoms with Crippen LogP contribution < -0.4 is 15.0 Å². The molecule has 1 aromatic carbocycles. The van der Waals surface area contributed by atoms with E-state index >= 15 is 0 Å². The largest absolute Gasteiger partial charge is 0.497 e. The van der Waals surface area contributed by atoms with Crippen LogP contribution in [-0.4, -0.2) is 72.1 Å². The summed E-state index contributed by atoms with van der Waals surface area (Å²) in [6, 6.07) is 9.44. The Bertz CT molecular complexity index is 950. The lowest BCUT2D eigenvalue weighted by Gasteiger charge is -2.34. The number of carbonyl (C=O) groups is 1. The van der Waals surface area contributed by atoms with E-state index in [9.17, 15) is 4.79 Å². The molecule has 4 rings (SSSR count). The van der Waals surface area contributed by atoms with E-state index in [0.717, 1.165) is 61.7 Å². The number of hydrogen-bond donors (Lipinski definition) is 2. The molecule has 2 N–H and O–H groups in total. The van der Waals surface area contributed by atoms with Gasteiger partial charge in [0.2, 0.25) is 5.95 Å². The molecule has 3 heterocycles. The van der Waals surface area contributed by atoms with Gasteiger partial charge in [-0.1, -0.05) is 0 Å². The highest BCUT2D eigenvalue weighted by Crippen LogP contribution is 2.21. The lowest BCUT2D eigenvalue weighted by molar-refractivity contribution is 0.0947. The van der Waals surface area contributed by atoms with E-state index in [0.29, 0.717) is 12.2 Å². The van der Waals surface area contributed by atoms with Crippen molar-refractivity contribution in [2.24, 2.45) is 0 Å². The predicted molar refractivity (Wildman–Crippen MR) is 112 cm³/mol. The van der Waals surface area contributed by atoms with Gasteiger partial charge < -0.3 is 19.9 Å². The van der Waals surface area contributed by atoms with Gasteiger partial charge in [-0.3, -0.25) is 9.69 Å². The lowest BCUT2D eigenvalue weighted by atomic mass is 10.2. The normalized spacial score (nSPS) is 14.9. The highest BCUT2D eigenvalue weighted by molar-refractivity contribution is 5.98. The number of aromatic nitrogens is 3. The second kappa shape index (κ2) is 8.91. The first kappa shape index (κ1) is 19.2. The molecule has 29 heavy (non-hydrogen) atoms. The zero-order chi connectivity index (χ0) is 20.1. The van der Waals surface area contributed by atoms with Crippen molar-refractivity contribution in [1.82, 2.24) is 25.2 Å². The van der Waals surface area contributed by atoms with E-state index in [2.05, 4.69) is 30.1 Å². The minimum atomic E-state index is -0.0776. The van der Waals surface area contributed by atoms with Gasteiger partial charge in [0, 0.05) is 62.1 Å². The average molecular weight is 394 g/mol. The molecule has 0 atom stereocenters. The number of ether oxygens (including phenoxy) is 1. The average Bonchev–Trinajstić information content (AvgIpc) is 3.21. The van der Waals surface area contributed by atoms with Gasteiger partial charge in [-0.2, -0.15) is 0 Å². The fraction of sp³-hybridized carbons (Fsp3) is 0.381. The lowest BCUT2D eigenvalue weighted by Crippen LogP contribution is -2.47. The summed E-state index contributed by atoms with van der Waals surface area (Å²) >= 11 is 0. The maximum Gasteiger partial charge on any atom is 0.267 e. The Kier molecular flexibility index (Phi) is 5.90. The maximum atomic E-state index is 12.4. The number of methoxy groups -OCH3 is 1. The van der Waals surface area contributed by atoms with Crippen LogP contribution in [0.1, 0.15) is 16.9 Å². The van der Waals surface area contributed by atoms with Crippen LogP contribution >= 0.6 is 0 Å². The Balaban J connectivity index is 1.19. The molecule has 0 aliphatic carbocycles. The molecular weight excluding hydrogens is 368 g/mol. The molecule has 8 nitrogen and oxygen atoms in total. The first-order valence-corrected chi connectivity index (χ1v) is 9.92. The fourth-order valence-corrected chi connectivity index (χ4v) is 3.58. The van der Waals surface area contributed by atoms with Gasteiger partial charge in [0.15, 0.2) is 0 Å². The Morgan fingerprint density at radius 3 is 2.72 bits per heavy atom. The third kappa shape index (κ3) is 4.65. The molecule has 0 unspecified atom stereocenters. The molecular formula is C21H26N6O2. The van der Waals surface area contributed by atoms with Gasteiger partial charge in [-0.05, 0) is 37.2 Å². The van der Waals surface area contributed by atoms with E-state index in [-0.39, 0.29) is 5.91 Å². The molecule has 1 saturated heterocycles. The van der Waals surface area contributed by atoms with Crippen molar-refractivity contribution in [2.75, 3.05) is 51.3 Å². The molecule has 152 valence electrons. The van der Waals surface area contributed by atoms with Crippen molar-refractivity contribution in [3.63, 3.8) is 0 Å². The minimum Gasteiger partial charge on any atom is -0.497 e. The van der Waals surface area contributed by atoms with Crippen LogP contribution in [0.5, 0.6) is 5.75 Å². The number of fused-ring (bicyclic) bond motifs is 1. The second-order valence-electron chi connectivity index (χ2n) is 7.12. The van der Waals surface area contributed by atoms with E-state index in [4.69, 9.17) is 4.74 Å². The summed E-state index contributed by atoms with van der Waals surface area (Å²) in [5.74, 6) is 1.49. The molecule has 1 aliphatic rings. The Morgan fingerprint density at radius 2 is 1.97 bits per heavy atom. The first-order valence-electron chi connectivity index (χ1n) is 9.92. The summed E-state index contributed by atoms with van der Waals surface area (Å²) in [6.45, 7) is 5.43. The molecule has 0 saturated carbocycles. The molecule has 1 fully saturated rings. The van der Waals surface area contributed by atoms with Gasteiger partial charge in [0.05, 0.1) is 7.11 Å². The molecule has 0 radical (unpaired) electrons. The number of nitrogens with one attached hydrogen (secondary N) is 2. The van der Waals surface area contributed by atoms with Crippen LogP contribution in [0, 0.1) is 0 Å². The number of nitrogens with zero attached hydrogens (tertiary/aromatic N) is 4. The monoisotopic (exact) mass is 394 g/mol. The van der Waals surface area contributed by atoms with Gasteiger partial charge in [0.25, 0.3) is 5.91 Å². The highest BCUT2D eigenvalue weighted by atomic mass is 16.5. The summed E-state index contributed by atoms with van der Waals surface area (Å²) in [5.41, 5.74) is 1.47. The van der Waals surface area contributed by atoms with Crippen molar-refractivity contribution in [3.05, 3.63) is 48.4 Å². The second-order valence-corrected chi connectivity index (χ2v) is 7.12. The standard InChI is InChI=1S/C21H26N6O2/c1-29-17-5-4-16-14-19(25-18(16)15-17)20(28)22-8-3-9-26-10-12-27(13-11-26)21-23-6-2-7-24-21/h2,4-7,14-15,25H,3,8-13H2,1H3,(H,22,28). The Morgan fingerprint density at radius 1 is 1.17 bits per heavy atom. The number of anilines is 1. The third-order valence-corrected chi connectivity index (χ3v) is 5.22. The quantitative estimate of drug-likeness (QED) is 0.596. The van der Waals surface area contributed by atoms with Crippen LogP contribution in [0.15, 0.2) is 42.7 Å². The fourth-order valence-electron chi connectivity index (χ4n) is 3.58. The Hall–Kier alpha value is -3.13. The SMILES string of the molecule is COc1ccc2cc(C(=O)NCCCN3CCN(c4ncccn4)CC3)[nH]c2c1. The summed E-state index contributed by atoms with van der Waals surface area (Å²) < 4.78 is 5.23. The number of benzene rings is 1. The molecule has 0 bridgehead atoms. The predicted octanol–water partition coefficient (Wildman–Crippen LogP) is 1.91. The number of carbonyl (C=O) groups excluding carboxylic acids is 1. The van der Waals surface area contributed by atoms with Crippen LogP contribution in [-0.2, 0) is 0 Å².